The Morgan fingerprint density at radius 2 is 1.89 bits per heavy atom. The Morgan fingerprint density at radius 3 is 2.64 bits per heavy atom. The molecule has 4 aromatic rings. The molecule has 0 N–H and O–H groups in total. The van der Waals surface area contributed by atoms with Crippen molar-refractivity contribution >= 4 is 33.8 Å². The number of aromatic nitrogens is 4. The van der Waals surface area contributed by atoms with E-state index in [-0.39, 0.29) is 11.9 Å². The van der Waals surface area contributed by atoms with E-state index >= 15 is 0 Å². The molecule has 0 bridgehead atoms. The average Bonchev–Trinajstić information content (AvgIpc) is 3.24. The van der Waals surface area contributed by atoms with Crippen LogP contribution in [0, 0.1) is 10.6 Å². The number of fused-ring (bicyclic) bond motifs is 1. The Hall–Kier alpha value is -2.42. The summed E-state index contributed by atoms with van der Waals surface area (Å²) in [5.41, 5.74) is 1.45. The number of para-hydroxylation sites is 1. The van der Waals surface area contributed by atoms with E-state index in [0.717, 1.165) is 10.5 Å². The molecule has 2 heterocycles. The fraction of sp³-hybridized carbons (Fsp3) is 0.250. The summed E-state index contributed by atoms with van der Waals surface area (Å²) in [6, 6.07) is 14.8. The number of hydrogen-bond acceptors (Lipinski definition) is 5. The van der Waals surface area contributed by atoms with Crippen molar-refractivity contribution in [3.8, 4) is 11.4 Å². The first-order valence-corrected chi connectivity index (χ1v) is 10.1. The van der Waals surface area contributed by atoms with Gasteiger partial charge in [0.15, 0.2) is 10.6 Å². The van der Waals surface area contributed by atoms with Gasteiger partial charge in [0.2, 0.25) is 0 Å². The maximum Gasteiger partial charge on any atom is 0.199 e. The third kappa shape index (κ3) is 3.39. The van der Waals surface area contributed by atoms with Crippen LogP contribution in [-0.2, 0) is 13.7 Å². The normalized spacial score (nSPS) is 12.8. The van der Waals surface area contributed by atoms with Gasteiger partial charge < -0.3 is 4.57 Å². The van der Waals surface area contributed by atoms with Gasteiger partial charge >= 0.3 is 0 Å². The Labute approximate surface area is 171 Å². The van der Waals surface area contributed by atoms with Crippen LogP contribution in [0.4, 0.5) is 4.39 Å². The number of thiazole rings is 1. The van der Waals surface area contributed by atoms with Crippen LogP contribution in [0.2, 0.25) is 0 Å². The van der Waals surface area contributed by atoms with Gasteiger partial charge in [0.1, 0.15) is 10.8 Å². The van der Waals surface area contributed by atoms with Crippen molar-refractivity contribution in [2.24, 2.45) is 7.05 Å². The van der Waals surface area contributed by atoms with E-state index in [1.54, 1.807) is 38.8 Å². The second-order valence-electron chi connectivity index (χ2n) is 6.74. The number of hydrogen-bond donors (Lipinski definition) is 0. The van der Waals surface area contributed by atoms with Crippen LogP contribution in [0.15, 0.2) is 48.5 Å². The summed E-state index contributed by atoms with van der Waals surface area (Å²) in [6.07, 6.45) is 0. The summed E-state index contributed by atoms with van der Waals surface area (Å²) >= 11 is 7.23. The van der Waals surface area contributed by atoms with E-state index in [2.05, 4.69) is 23.0 Å². The van der Waals surface area contributed by atoms with Gasteiger partial charge in [-0.15, -0.1) is 11.3 Å². The summed E-state index contributed by atoms with van der Waals surface area (Å²) < 4.78 is 19.4. The van der Waals surface area contributed by atoms with Crippen molar-refractivity contribution in [1.82, 2.24) is 24.2 Å². The highest BCUT2D eigenvalue weighted by Crippen LogP contribution is 2.29. The molecule has 144 valence electrons. The Bertz CT molecular complexity index is 1160. The molecule has 28 heavy (non-hydrogen) atoms. The van der Waals surface area contributed by atoms with Crippen molar-refractivity contribution < 1.29 is 4.39 Å². The van der Waals surface area contributed by atoms with E-state index < -0.39 is 0 Å². The molecule has 0 saturated carbocycles. The van der Waals surface area contributed by atoms with Gasteiger partial charge in [0, 0.05) is 7.05 Å². The summed E-state index contributed by atoms with van der Waals surface area (Å²) in [5, 5.41) is 5.62. The van der Waals surface area contributed by atoms with Crippen molar-refractivity contribution in [1.29, 1.82) is 0 Å². The zero-order chi connectivity index (χ0) is 19.8. The zero-order valence-corrected chi connectivity index (χ0v) is 17.5. The van der Waals surface area contributed by atoms with Gasteiger partial charge in [-0.05, 0) is 50.5 Å². The summed E-state index contributed by atoms with van der Waals surface area (Å²) in [7, 11) is 3.82. The highest BCUT2D eigenvalue weighted by atomic mass is 32.1. The second-order valence-corrected chi connectivity index (χ2v) is 8.17. The SMILES string of the molecule is C[C@@H](c1nc2ccccc2s1)N(C)Cn1nc(-c2ccccc2F)n(C)c1=S. The predicted molar refractivity (Wildman–Crippen MR) is 113 cm³/mol. The van der Waals surface area contributed by atoms with Crippen LogP contribution in [-0.4, -0.2) is 31.3 Å². The minimum atomic E-state index is -0.311. The van der Waals surface area contributed by atoms with Gasteiger partial charge in [-0.1, -0.05) is 24.3 Å². The lowest BCUT2D eigenvalue weighted by Gasteiger charge is -2.22. The third-order valence-electron chi connectivity index (χ3n) is 4.84. The Kier molecular flexibility index (Phi) is 5.09. The largest absolute Gasteiger partial charge is 0.303 e. The lowest BCUT2D eigenvalue weighted by atomic mass is 10.2. The van der Waals surface area contributed by atoms with Crippen molar-refractivity contribution in [3.05, 3.63) is 64.1 Å². The van der Waals surface area contributed by atoms with Gasteiger partial charge in [0.25, 0.3) is 0 Å². The minimum absolute atomic E-state index is 0.0956. The standard InChI is InChI=1S/C20H20FN5S2/c1-13(19-22-16-10-6-7-11-17(16)28-19)24(2)12-26-20(27)25(3)18(23-26)14-8-4-5-9-15(14)21/h4-11,13H,12H2,1-3H3/t13-/m0/s1. The first kappa shape index (κ1) is 18.9. The Balaban J connectivity index is 1.61. The van der Waals surface area contributed by atoms with Crippen LogP contribution in [0.3, 0.4) is 0 Å². The van der Waals surface area contributed by atoms with E-state index in [4.69, 9.17) is 17.2 Å². The van der Waals surface area contributed by atoms with Crippen molar-refractivity contribution in [2.75, 3.05) is 7.05 Å². The highest BCUT2D eigenvalue weighted by Gasteiger charge is 2.19. The van der Waals surface area contributed by atoms with Crippen LogP contribution < -0.4 is 0 Å². The lowest BCUT2D eigenvalue weighted by Crippen LogP contribution is -2.26. The molecule has 2 aromatic carbocycles. The molecule has 0 fully saturated rings. The lowest BCUT2D eigenvalue weighted by molar-refractivity contribution is 0.194. The maximum absolute atomic E-state index is 14.2. The number of benzene rings is 2. The van der Waals surface area contributed by atoms with E-state index in [1.807, 2.05) is 32.3 Å². The zero-order valence-electron chi connectivity index (χ0n) is 15.8. The molecule has 0 aliphatic carbocycles. The van der Waals surface area contributed by atoms with Crippen LogP contribution in [0.1, 0.15) is 18.0 Å². The first-order valence-electron chi connectivity index (χ1n) is 8.90. The quantitative estimate of drug-likeness (QED) is 0.431. The average molecular weight is 414 g/mol. The van der Waals surface area contributed by atoms with E-state index in [0.29, 0.717) is 22.8 Å². The molecule has 0 amide bonds. The van der Waals surface area contributed by atoms with Crippen molar-refractivity contribution in [3.63, 3.8) is 0 Å². The summed E-state index contributed by atoms with van der Waals surface area (Å²) in [6.45, 7) is 2.60. The van der Waals surface area contributed by atoms with Crippen LogP contribution in [0.25, 0.3) is 21.6 Å². The van der Waals surface area contributed by atoms with Gasteiger partial charge in [-0.3, -0.25) is 4.90 Å². The molecule has 0 spiro atoms. The fourth-order valence-corrected chi connectivity index (χ4v) is 4.32. The monoisotopic (exact) mass is 413 g/mol. The molecule has 0 aliphatic rings. The summed E-state index contributed by atoms with van der Waals surface area (Å²) in [4.78, 5) is 6.88. The third-order valence-corrected chi connectivity index (χ3v) is 6.53. The first-order chi connectivity index (χ1) is 13.5. The van der Waals surface area contributed by atoms with E-state index in [9.17, 15) is 4.39 Å². The second kappa shape index (κ2) is 7.54. The Morgan fingerprint density at radius 1 is 1.18 bits per heavy atom. The molecule has 0 unspecified atom stereocenters. The van der Waals surface area contributed by atoms with Crippen LogP contribution >= 0.6 is 23.6 Å². The van der Waals surface area contributed by atoms with Crippen molar-refractivity contribution in [2.45, 2.75) is 19.6 Å². The van der Waals surface area contributed by atoms with Gasteiger partial charge in [0.05, 0.1) is 28.5 Å². The highest BCUT2D eigenvalue weighted by molar-refractivity contribution is 7.71. The summed E-state index contributed by atoms with van der Waals surface area (Å²) in [5.74, 6) is 0.207. The molecule has 1 atom stereocenters. The molecule has 2 aromatic heterocycles. The number of rotatable bonds is 5. The topological polar surface area (TPSA) is 38.9 Å². The molecule has 8 heteroatoms. The number of halogens is 1. The number of nitrogens with zero attached hydrogens (tertiary/aromatic N) is 5. The molecule has 0 saturated heterocycles. The molecule has 0 aliphatic heterocycles. The maximum atomic E-state index is 14.2. The molecular weight excluding hydrogens is 393 g/mol. The predicted octanol–water partition coefficient (Wildman–Crippen LogP) is 5.02. The van der Waals surface area contributed by atoms with Crippen LogP contribution in [0.5, 0.6) is 0 Å². The van der Waals surface area contributed by atoms with Gasteiger partial charge in [-0.2, -0.15) is 5.10 Å². The molecular formula is C20H20FN5S2. The van der Waals surface area contributed by atoms with E-state index in [1.165, 1.54) is 10.8 Å². The molecule has 4 rings (SSSR count). The van der Waals surface area contributed by atoms with Gasteiger partial charge in [-0.25, -0.2) is 14.1 Å². The molecule has 0 radical (unpaired) electrons. The molecule has 5 nitrogen and oxygen atoms in total. The smallest absolute Gasteiger partial charge is 0.199 e. The minimum Gasteiger partial charge on any atom is -0.303 e. The fourth-order valence-electron chi connectivity index (χ4n) is 3.05.